The zero-order valence-corrected chi connectivity index (χ0v) is 16.9. The number of carbonyl (C=O) groups excluding carboxylic acids is 2. The lowest BCUT2D eigenvalue weighted by atomic mass is 10.1. The number of rotatable bonds is 5. The first-order valence-electron chi connectivity index (χ1n) is 9.85. The highest BCUT2D eigenvalue weighted by atomic mass is 35.5. The van der Waals surface area contributed by atoms with Gasteiger partial charge in [0.05, 0.1) is 18.2 Å². The van der Waals surface area contributed by atoms with Crippen molar-refractivity contribution in [2.45, 2.75) is 18.9 Å². The van der Waals surface area contributed by atoms with Crippen molar-refractivity contribution >= 4 is 40.0 Å². The van der Waals surface area contributed by atoms with E-state index >= 15 is 0 Å². The Labute approximate surface area is 177 Å². The van der Waals surface area contributed by atoms with Crippen LogP contribution in [0.2, 0.25) is 5.02 Å². The Kier molecular flexibility index (Phi) is 4.84. The minimum absolute atomic E-state index is 0.132. The van der Waals surface area contributed by atoms with Gasteiger partial charge in [0.2, 0.25) is 5.91 Å². The number of imide groups is 1. The first kappa shape index (κ1) is 19.0. The maximum atomic E-state index is 12.9. The molecule has 1 atom stereocenters. The lowest BCUT2D eigenvalue weighted by Crippen LogP contribution is -2.39. The van der Waals surface area contributed by atoms with E-state index in [4.69, 9.17) is 21.1 Å². The Morgan fingerprint density at radius 2 is 1.93 bits per heavy atom. The molecule has 2 N–H and O–H groups in total. The Balaban J connectivity index is 1.26. The molecule has 2 aromatic carbocycles. The average molecular weight is 426 g/mol. The monoisotopic (exact) mass is 425 g/mol. The van der Waals surface area contributed by atoms with Crippen LogP contribution in [-0.4, -0.2) is 42.6 Å². The third-order valence-electron chi connectivity index (χ3n) is 5.45. The van der Waals surface area contributed by atoms with Crippen LogP contribution in [0.4, 0.5) is 5.69 Å². The van der Waals surface area contributed by atoms with Gasteiger partial charge in [-0.2, -0.15) is 0 Å². The lowest BCUT2D eigenvalue weighted by molar-refractivity contribution is -0.121. The number of aromatic nitrogens is 1. The fourth-order valence-electron chi connectivity index (χ4n) is 3.97. The topological polar surface area (TPSA) is 83.7 Å². The molecular formula is C22H20ClN3O4. The lowest BCUT2D eigenvalue weighted by Gasteiger charge is -2.21. The number of nitrogens with one attached hydrogen (secondary N) is 2. The molecule has 7 nitrogen and oxygen atoms in total. The average Bonchev–Trinajstić information content (AvgIpc) is 3.27. The van der Waals surface area contributed by atoms with Crippen molar-refractivity contribution in [2.75, 3.05) is 24.7 Å². The van der Waals surface area contributed by atoms with Crippen molar-refractivity contribution in [3.8, 4) is 11.5 Å². The molecule has 0 radical (unpaired) electrons. The summed E-state index contributed by atoms with van der Waals surface area (Å²) in [7, 11) is 0. The number of hydrogen-bond acceptors (Lipinski definition) is 5. The van der Waals surface area contributed by atoms with Gasteiger partial charge in [-0.3, -0.25) is 9.59 Å². The van der Waals surface area contributed by atoms with Gasteiger partial charge in [0.15, 0.2) is 11.5 Å². The third kappa shape index (κ3) is 3.40. The van der Waals surface area contributed by atoms with Gasteiger partial charge >= 0.3 is 0 Å². The number of nitrogens with zero attached hydrogens (tertiary/aromatic N) is 1. The molecule has 3 aromatic rings. The number of fused-ring (bicyclic) bond motifs is 2. The van der Waals surface area contributed by atoms with E-state index in [0.29, 0.717) is 48.4 Å². The molecule has 3 heterocycles. The molecule has 1 fully saturated rings. The maximum absolute atomic E-state index is 12.9. The zero-order valence-electron chi connectivity index (χ0n) is 16.1. The van der Waals surface area contributed by atoms with Crippen molar-refractivity contribution < 1.29 is 19.1 Å². The van der Waals surface area contributed by atoms with Crippen molar-refractivity contribution in [1.82, 2.24) is 10.3 Å². The molecule has 2 aliphatic rings. The Bertz CT molecular complexity index is 1140. The van der Waals surface area contributed by atoms with Gasteiger partial charge in [-0.05, 0) is 42.3 Å². The predicted molar refractivity (Wildman–Crippen MR) is 113 cm³/mol. The largest absolute Gasteiger partial charge is 0.486 e. The van der Waals surface area contributed by atoms with Crippen LogP contribution >= 0.6 is 11.6 Å². The zero-order chi connectivity index (χ0) is 20.7. The number of anilines is 1. The summed E-state index contributed by atoms with van der Waals surface area (Å²) in [6.07, 6.45) is 2.79. The smallest absolute Gasteiger partial charge is 0.251 e. The van der Waals surface area contributed by atoms with Crippen LogP contribution in [0.3, 0.4) is 0 Å². The summed E-state index contributed by atoms with van der Waals surface area (Å²) in [5.41, 5.74) is 2.64. The number of ether oxygens (including phenoxy) is 2. The SMILES string of the molecule is O=C1C[C@@H](NCCc2c[nH]c3ccc(Cl)cc23)C(=O)N1c1ccc2c(c1)OCCO2. The van der Waals surface area contributed by atoms with E-state index in [1.807, 2.05) is 24.4 Å². The van der Waals surface area contributed by atoms with Gasteiger partial charge in [0, 0.05) is 34.7 Å². The van der Waals surface area contributed by atoms with E-state index in [1.54, 1.807) is 18.2 Å². The molecule has 0 aliphatic carbocycles. The van der Waals surface area contributed by atoms with Crippen LogP contribution in [0.15, 0.2) is 42.6 Å². The van der Waals surface area contributed by atoms with E-state index in [0.717, 1.165) is 16.5 Å². The molecule has 2 aliphatic heterocycles. The van der Waals surface area contributed by atoms with Gasteiger partial charge < -0.3 is 19.8 Å². The predicted octanol–water partition coefficient (Wildman–Crippen LogP) is 3.06. The fourth-order valence-corrected chi connectivity index (χ4v) is 4.14. The van der Waals surface area contributed by atoms with Gasteiger partial charge in [-0.1, -0.05) is 11.6 Å². The molecule has 1 aromatic heterocycles. The number of hydrogen-bond donors (Lipinski definition) is 2. The minimum Gasteiger partial charge on any atom is -0.486 e. The standard InChI is InChI=1S/C22H20ClN3O4/c23-14-1-3-17-16(9-14)13(12-25-17)5-6-24-18-11-21(27)26(22(18)28)15-2-4-19-20(10-15)30-8-7-29-19/h1-4,9-10,12,18,24-25H,5-8,11H2/t18-/m1/s1. The van der Waals surface area contributed by atoms with E-state index in [2.05, 4.69) is 10.3 Å². The second-order valence-corrected chi connectivity index (χ2v) is 7.80. The molecular weight excluding hydrogens is 406 g/mol. The molecule has 30 heavy (non-hydrogen) atoms. The third-order valence-corrected chi connectivity index (χ3v) is 5.68. The highest BCUT2D eigenvalue weighted by Crippen LogP contribution is 2.35. The van der Waals surface area contributed by atoms with Gasteiger partial charge in [0.1, 0.15) is 13.2 Å². The van der Waals surface area contributed by atoms with Crippen molar-refractivity contribution in [3.63, 3.8) is 0 Å². The van der Waals surface area contributed by atoms with Crippen molar-refractivity contribution in [3.05, 3.63) is 53.2 Å². The molecule has 0 spiro atoms. The number of aromatic amines is 1. The number of H-pyrrole nitrogens is 1. The number of amides is 2. The molecule has 5 rings (SSSR count). The highest BCUT2D eigenvalue weighted by Gasteiger charge is 2.39. The van der Waals surface area contributed by atoms with Crippen LogP contribution in [0.5, 0.6) is 11.5 Å². The fraction of sp³-hybridized carbons (Fsp3) is 0.273. The normalized spacial score (nSPS) is 18.4. The summed E-state index contributed by atoms with van der Waals surface area (Å²) in [5, 5.41) is 4.98. The summed E-state index contributed by atoms with van der Waals surface area (Å²) in [6.45, 7) is 1.50. The van der Waals surface area contributed by atoms with E-state index in [-0.39, 0.29) is 18.2 Å². The molecule has 2 amide bonds. The second kappa shape index (κ2) is 7.66. The van der Waals surface area contributed by atoms with Crippen LogP contribution in [0.25, 0.3) is 10.9 Å². The van der Waals surface area contributed by atoms with E-state index < -0.39 is 6.04 Å². The second-order valence-electron chi connectivity index (χ2n) is 7.36. The van der Waals surface area contributed by atoms with Crippen molar-refractivity contribution in [2.24, 2.45) is 0 Å². The summed E-state index contributed by atoms with van der Waals surface area (Å²) in [6, 6.07) is 10.3. The molecule has 8 heteroatoms. The van der Waals surface area contributed by atoms with Gasteiger partial charge in [-0.25, -0.2) is 4.90 Å². The molecule has 1 saturated heterocycles. The molecule has 154 valence electrons. The number of halogens is 1. The first-order valence-corrected chi connectivity index (χ1v) is 10.2. The number of benzene rings is 2. The van der Waals surface area contributed by atoms with Crippen LogP contribution in [0, 0.1) is 0 Å². The van der Waals surface area contributed by atoms with Crippen molar-refractivity contribution in [1.29, 1.82) is 0 Å². The van der Waals surface area contributed by atoms with E-state index in [1.165, 1.54) is 4.90 Å². The number of carbonyl (C=O) groups is 2. The summed E-state index contributed by atoms with van der Waals surface area (Å²) >= 11 is 6.10. The minimum atomic E-state index is -0.542. The van der Waals surface area contributed by atoms with Gasteiger partial charge in [-0.15, -0.1) is 0 Å². The highest BCUT2D eigenvalue weighted by molar-refractivity contribution is 6.31. The quantitative estimate of drug-likeness (QED) is 0.614. The summed E-state index contributed by atoms with van der Waals surface area (Å²) in [5.74, 6) is 0.693. The molecule has 0 saturated carbocycles. The molecule has 0 unspecified atom stereocenters. The van der Waals surface area contributed by atoms with Crippen LogP contribution < -0.4 is 19.7 Å². The van der Waals surface area contributed by atoms with Crippen LogP contribution in [0.1, 0.15) is 12.0 Å². The Morgan fingerprint density at radius 1 is 1.10 bits per heavy atom. The maximum Gasteiger partial charge on any atom is 0.251 e. The van der Waals surface area contributed by atoms with E-state index in [9.17, 15) is 9.59 Å². The summed E-state index contributed by atoms with van der Waals surface area (Å²) < 4.78 is 11.1. The summed E-state index contributed by atoms with van der Waals surface area (Å²) in [4.78, 5) is 29.9. The Morgan fingerprint density at radius 3 is 2.80 bits per heavy atom. The van der Waals surface area contributed by atoms with Crippen LogP contribution in [-0.2, 0) is 16.0 Å². The Hall–Kier alpha value is -3.03. The van der Waals surface area contributed by atoms with Gasteiger partial charge in [0.25, 0.3) is 5.91 Å². The first-order chi connectivity index (χ1) is 14.6. The molecule has 0 bridgehead atoms.